The first kappa shape index (κ1) is 67.2. The van der Waals surface area contributed by atoms with Crippen LogP contribution in [0.25, 0.3) is 0 Å². The lowest BCUT2D eigenvalue weighted by Crippen LogP contribution is -2.42. The summed E-state index contributed by atoms with van der Waals surface area (Å²) in [4.78, 5) is 56.4. The van der Waals surface area contributed by atoms with Gasteiger partial charge in [0, 0.05) is 52.1 Å². The van der Waals surface area contributed by atoms with Gasteiger partial charge in [-0.1, -0.05) is 154 Å². The monoisotopic (exact) mass is 987 g/mol. The lowest BCUT2D eigenvalue weighted by Gasteiger charge is -2.26. The Hall–Kier alpha value is -2.80. The van der Waals surface area contributed by atoms with Gasteiger partial charge < -0.3 is 43.4 Å². The molecule has 0 aromatic carbocycles. The van der Waals surface area contributed by atoms with Crippen LogP contribution in [0.5, 0.6) is 0 Å². The summed E-state index contributed by atoms with van der Waals surface area (Å²) in [7, 11) is 0. The first-order valence-electron chi connectivity index (χ1n) is 29.5. The van der Waals surface area contributed by atoms with Gasteiger partial charge in [0.05, 0.1) is 12.1 Å². The molecule has 70 heavy (non-hydrogen) atoms. The minimum Gasteiger partial charge on any atom is -0.355 e. The van der Waals surface area contributed by atoms with Gasteiger partial charge in [0.15, 0.2) is 0 Å². The molecule has 0 fully saturated rings. The minimum absolute atomic E-state index is 0.153. The van der Waals surface area contributed by atoms with E-state index in [0.29, 0.717) is 90.9 Å². The molecule has 10 N–H and O–H groups in total. The quantitative estimate of drug-likeness (QED) is 0.0255. The summed E-state index contributed by atoms with van der Waals surface area (Å²) in [6, 6.07) is -1.10. The average molecular weight is 988 g/mol. The Morgan fingerprint density at radius 2 is 0.686 bits per heavy atom. The predicted octanol–water partition coefficient (Wildman–Crippen LogP) is 11.4. The number of rotatable bonds is 53. The third kappa shape index (κ3) is 43.9. The number of nitrogens with zero attached hydrogens (tertiary/aromatic N) is 2. The van der Waals surface area contributed by atoms with Crippen LogP contribution in [0, 0.1) is 0 Å². The zero-order valence-corrected chi connectivity index (χ0v) is 45.8. The van der Waals surface area contributed by atoms with Crippen LogP contribution in [0.2, 0.25) is 0 Å². The van der Waals surface area contributed by atoms with Crippen molar-refractivity contribution in [3.8, 4) is 0 Å². The van der Waals surface area contributed by atoms with Gasteiger partial charge in [-0.15, -0.1) is 0 Å². The molecule has 0 bridgehead atoms. The maximum absolute atomic E-state index is 13.6. The molecule has 0 aliphatic rings. The fraction of sp³-hybridized carbons (Fsp3) is 0.862. The van der Waals surface area contributed by atoms with Crippen molar-refractivity contribution in [2.75, 3.05) is 52.4 Å². The maximum atomic E-state index is 13.6. The lowest BCUT2D eigenvalue weighted by atomic mass is 10.1. The second-order valence-electron chi connectivity index (χ2n) is 20.2. The predicted molar refractivity (Wildman–Crippen MR) is 298 cm³/mol. The molecule has 12 heteroatoms. The van der Waals surface area contributed by atoms with Gasteiger partial charge in [-0.3, -0.25) is 19.2 Å². The summed E-state index contributed by atoms with van der Waals surface area (Å²) in [6.45, 7) is 9.01. The Morgan fingerprint density at radius 3 is 1.01 bits per heavy atom. The van der Waals surface area contributed by atoms with E-state index >= 15 is 0 Å². The highest BCUT2D eigenvalue weighted by Crippen LogP contribution is 2.14. The lowest BCUT2D eigenvalue weighted by molar-refractivity contribution is -0.133. The summed E-state index contributed by atoms with van der Waals surface area (Å²) in [6.07, 6.45) is 49.6. The van der Waals surface area contributed by atoms with E-state index in [0.717, 1.165) is 89.9 Å². The molecule has 4 amide bonds. The topological polar surface area (TPSA) is 203 Å². The number of allylic oxidation sites excluding steroid dienone is 4. The summed E-state index contributed by atoms with van der Waals surface area (Å²) >= 11 is 0. The molecule has 0 aromatic heterocycles. The summed E-state index contributed by atoms with van der Waals surface area (Å²) in [5.74, 6) is 0.0207. The van der Waals surface area contributed by atoms with E-state index in [1.165, 1.54) is 116 Å². The maximum Gasteiger partial charge on any atom is 0.236 e. The van der Waals surface area contributed by atoms with Gasteiger partial charge in [-0.2, -0.15) is 0 Å². The van der Waals surface area contributed by atoms with Crippen LogP contribution < -0.4 is 33.6 Å². The highest BCUT2D eigenvalue weighted by molar-refractivity contribution is 5.81. The Bertz CT molecular complexity index is 1170. The third-order valence-electron chi connectivity index (χ3n) is 13.5. The molecule has 2 atom stereocenters. The second kappa shape index (κ2) is 52.5. The molecule has 0 unspecified atom stereocenters. The van der Waals surface area contributed by atoms with Crippen molar-refractivity contribution < 1.29 is 19.2 Å². The number of carbonyl (C=O) groups is 4. The SMILES string of the molecule is CCCCCCCC/C=C\CCCCCCCC(=O)N(CCCCN(CCCNC(=O)[C@@H](N)CCCCN)C(=O)CCCCCCC/C=C\CCCCCCCC)CCCNC(=O)[C@@H](N)CCCCN. The number of amides is 4. The Labute approximate surface area is 431 Å². The van der Waals surface area contributed by atoms with E-state index in [1.54, 1.807) is 0 Å². The molecule has 0 saturated heterocycles. The fourth-order valence-corrected chi connectivity index (χ4v) is 8.84. The highest BCUT2D eigenvalue weighted by atomic mass is 16.2. The molecular weight excluding hydrogens is 873 g/mol. The minimum atomic E-state index is -0.548. The Balaban J connectivity index is 5.14. The van der Waals surface area contributed by atoms with Gasteiger partial charge in [0.2, 0.25) is 23.6 Å². The van der Waals surface area contributed by atoms with Crippen LogP contribution in [0.15, 0.2) is 24.3 Å². The van der Waals surface area contributed by atoms with Crippen molar-refractivity contribution in [2.45, 2.75) is 270 Å². The van der Waals surface area contributed by atoms with Crippen molar-refractivity contribution in [3.05, 3.63) is 24.3 Å². The molecule has 410 valence electrons. The number of nitrogens with two attached hydrogens (primary N) is 4. The van der Waals surface area contributed by atoms with Crippen LogP contribution >= 0.6 is 0 Å². The number of hydrogen-bond donors (Lipinski definition) is 6. The number of hydrogen-bond acceptors (Lipinski definition) is 8. The molecular formula is C58H114N8O4. The number of unbranched alkanes of at least 4 members (excludes halogenated alkanes) is 25. The summed E-state index contributed by atoms with van der Waals surface area (Å²) in [5, 5.41) is 5.94. The number of nitrogens with one attached hydrogen (secondary N) is 2. The van der Waals surface area contributed by atoms with Crippen LogP contribution in [0.1, 0.15) is 258 Å². The molecule has 12 nitrogen and oxygen atoms in total. The van der Waals surface area contributed by atoms with E-state index in [2.05, 4.69) is 48.8 Å². The average Bonchev–Trinajstić information content (AvgIpc) is 3.36. The Morgan fingerprint density at radius 1 is 0.386 bits per heavy atom. The molecule has 0 saturated carbocycles. The zero-order valence-electron chi connectivity index (χ0n) is 45.8. The molecule has 0 heterocycles. The molecule has 0 aromatic rings. The number of carbonyl (C=O) groups excluding carboxylic acids is 4. The standard InChI is InChI=1S/C58H114N8O4/c1-3-5-7-9-11-13-15-17-19-21-23-25-27-29-31-43-55(67)65(51-39-47-63-57(69)53(61)41-33-35-45-59)49-37-38-50-66(52-40-48-64-58(70)54(62)42-34-36-46-60)56(68)44-32-30-28-26-24-22-20-18-16-14-12-10-8-6-4-2/h17-20,53-54H,3-16,21-52,59-62H2,1-2H3,(H,63,69)(H,64,70)/b19-17-,20-18-/t53-,54-/m0/s1. The van der Waals surface area contributed by atoms with Crippen molar-refractivity contribution in [1.82, 2.24) is 20.4 Å². The van der Waals surface area contributed by atoms with Crippen LogP contribution in [0.3, 0.4) is 0 Å². The second-order valence-corrected chi connectivity index (χ2v) is 20.2. The van der Waals surface area contributed by atoms with E-state index in [-0.39, 0.29) is 23.6 Å². The van der Waals surface area contributed by atoms with Gasteiger partial charge >= 0.3 is 0 Å². The molecule has 0 spiro atoms. The summed E-state index contributed by atoms with van der Waals surface area (Å²) in [5.41, 5.74) is 23.4. The third-order valence-corrected chi connectivity index (χ3v) is 13.5. The van der Waals surface area contributed by atoms with Gasteiger partial charge in [-0.25, -0.2) is 0 Å². The molecule has 0 aliphatic carbocycles. The van der Waals surface area contributed by atoms with Crippen molar-refractivity contribution in [3.63, 3.8) is 0 Å². The summed E-state index contributed by atoms with van der Waals surface area (Å²) < 4.78 is 0. The van der Waals surface area contributed by atoms with E-state index < -0.39 is 12.1 Å². The zero-order chi connectivity index (χ0) is 51.4. The highest BCUT2D eigenvalue weighted by Gasteiger charge is 2.18. The van der Waals surface area contributed by atoms with Crippen LogP contribution in [0.4, 0.5) is 0 Å². The van der Waals surface area contributed by atoms with E-state index in [9.17, 15) is 19.2 Å². The van der Waals surface area contributed by atoms with Crippen molar-refractivity contribution >= 4 is 23.6 Å². The van der Waals surface area contributed by atoms with Crippen molar-refractivity contribution in [1.29, 1.82) is 0 Å². The molecule has 0 radical (unpaired) electrons. The largest absolute Gasteiger partial charge is 0.355 e. The smallest absolute Gasteiger partial charge is 0.236 e. The van der Waals surface area contributed by atoms with Gasteiger partial charge in [-0.05, 0) is 129 Å². The Kier molecular flexibility index (Phi) is 50.4. The van der Waals surface area contributed by atoms with E-state index in [4.69, 9.17) is 22.9 Å². The first-order valence-corrected chi connectivity index (χ1v) is 29.5. The van der Waals surface area contributed by atoms with Crippen LogP contribution in [-0.4, -0.2) is 97.9 Å². The van der Waals surface area contributed by atoms with Gasteiger partial charge in [0.25, 0.3) is 0 Å². The molecule has 0 rings (SSSR count). The fourth-order valence-electron chi connectivity index (χ4n) is 8.84. The van der Waals surface area contributed by atoms with Crippen molar-refractivity contribution in [2.24, 2.45) is 22.9 Å². The first-order chi connectivity index (χ1) is 34.2. The normalized spacial score (nSPS) is 12.5. The van der Waals surface area contributed by atoms with Gasteiger partial charge in [0.1, 0.15) is 0 Å². The van der Waals surface area contributed by atoms with Crippen LogP contribution in [-0.2, 0) is 19.2 Å². The van der Waals surface area contributed by atoms with E-state index in [1.807, 2.05) is 9.80 Å². The molecule has 0 aliphatic heterocycles.